The second-order valence-corrected chi connectivity index (χ2v) is 8.55. The molecule has 3 unspecified atom stereocenters. The molecule has 3 atom stereocenters. The number of hydrogen-bond acceptors (Lipinski definition) is 3. The molecule has 0 amide bonds. The van der Waals surface area contributed by atoms with Crippen LogP contribution in [0.1, 0.15) is 46.0 Å². The molecule has 1 N–H and O–H groups in total. The van der Waals surface area contributed by atoms with Crippen molar-refractivity contribution in [3.8, 4) is 0 Å². The van der Waals surface area contributed by atoms with Gasteiger partial charge in [-0.25, -0.2) is 0 Å². The lowest BCUT2D eigenvalue weighted by Gasteiger charge is -2.45. The van der Waals surface area contributed by atoms with Crippen molar-refractivity contribution in [2.45, 2.75) is 58.0 Å². The van der Waals surface area contributed by atoms with E-state index in [0.29, 0.717) is 18.0 Å². The normalized spacial score (nSPS) is 31.6. The highest BCUT2D eigenvalue weighted by Gasteiger charge is 2.33. The van der Waals surface area contributed by atoms with Gasteiger partial charge in [-0.1, -0.05) is 33.1 Å². The minimum absolute atomic E-state index is 0.610. The first-order valence-corrected chi connectivity index (χ1v) is 10.1. The maximum Gasteiger partial charge on any atom is 0.0359 e. The van der Waals surface area contributed by atoms with E-state index in [9.17, 15) is 4.21 Å². The number of hydrogen-bond donors (Lipinski definition) is 1. The third-order valence-electron chi connectivity index (χ3n) is 5.14. The molecule has 2 aliphatic rings. The lowest BCUT2D eigenvalue weighted by Crippen LogP contribution is -2.60. The molecule has 1 aliphatic heterocycles. The van der Waals surface area contributed by atoms with Crippen LogP contribution in [0.4, 0.5) is 0 Å². The molecule has 0 aromatic heterocycles. The lowest BCUT2D eigenvalue weighted by molar-refractivity contribution is 0.0777. The van der Waals surface area contributed by atoms with Gasteiger partial charge in [-0.15, -0.1) is 0 Å². The fraction of sp³-hybridized carbons (Fsp3) is 1.00. The highest BCUT2D eigenvalue weighted by molar-refractivity contribution is 7.84. The summed E-state index contributed by atoms with van der Waals surface area (Å²) in [6.45, 7) is 7.88. The molecule has 1 heterocycles. The molecule has 4 heteroatoms. The summed E-state index contributed by atoms with van der Waals surface area (Å²) >= 11 is 0. The molecule has 118 valence electrons. The zero-order valence-electron chi connectivity index (χ0n) is 13.4. The van der Waals surface area contributed by atoms with Crippen LogP contribution in [0.25, 0.3) is 0 Å². The smallest absolute Gasteiger partial charge is 0.0359 e. The fourth-order valence-corrected chi connectivity index (χ4v) is 4.36. The molecule has 1 saturated heterocycles. The highest BCUT2D eigenvalue weighted by Crippen LogP contribution is 2.29. The first kappa shape index (κ1) is 16.4. The Hall–Kier alpha value is 0.0700. The number of piperazine rings is 1. The standard InChI is InChI=1S/C16H32N2OS/c1-13(2)16-11-17-15(14-7-5-4-6-8-14)12-18(16)9-10-20(3)19/h13-17H,4-12H2,1-3H3. The van der Waals surface area contributed by atoms with Crippen LogP contribution >= 0.6 is 0 Å². The van der Waals surface area contributed by atoms with E-state index in [-0.39, 0.29) is 0 Å². The minimum atomic E-state index is -0.673. The summed E-state index contributed by atoms with van der Waals surface area (Å²) in [6, 6.07) is 1.27. The Labute approximate surface area is 127 Å². The molecule has 0 bridgehead atoms. The summed E-state index contributed by atoms with van der Waals surface area (Å²) in [6.07, 6.45) is 8.88. The number of nitrogens with zero attached hydrogens (tertiary/aromatic N) is 1. The van der Waals surface area contributed by atoms with E-state index in [1.165, 1.54) is 32.1 Å². The molecule has 0 radical (unpaired) electrons. The summed E-state index contributed by atoms with van der Waals surface area (Å²) in [4.78, 5) is 2.61. The predicted octanol–water partition coefficient (Wildman–Crippen LogP) is 2.24. The maximum atomic E-state index is 11.4. The Morgan fingerprint density at radius 2 is 1.95 bits per heavy atom. The third-order valence-corrected chi connectivity index (χ3v) is 5.90. The monoisotopic (exact) mass is 300 g/mol. The summed E-state index contributed by atoms with van der Waals surface area (Å²) in [7, 11) is -0.673. The van der Waals surface area contributed by atoms with Gasteiger partial charge in [0.05, 0.1) is 0 Å². The van der Waals surface area contributed by atoms with Crippen molar-refractivity contribution in [1.82, 2.24) is 10.2 Å². The number of rotatable bonds is 5. The van der Waals surface area contributed by atoms with E-state index in [1.807, 2.05) is 6.26 Å². The van der Waals surface area contributed by atoms with Gasteiger partial charge in [-0.3, -0.25) is 9.11 Å². The van der Waals surface area contributed by atoms with Crippen LogP contribution in [-0.4, -0.2) is 52.8 Å². The van der Waals surface area contributed by atoms with E-state index >= 15 is 0 Å². The molecule has 0 spiro atoms. The first-order valence-electron chi connectivity index (χ1n) is 8.35. The van der Waals surface area contributed by atoms with Crippen molar-refractivity contribution in [2.24, 2.45) is 11.8 Å². The molecule has 2 rings (SSSR count). The Morgan fingerprint density at radius 3 is 2.55 bits per heavy atom. The molecule has 1 aliphatic carbocycles. The van der Waals surface area contributed by atoms with Crippen LogP contribution in [0.2, 0.25) is 0 Å². The van der Waals surface area contributed by atoms with E-state index in [1.54, 1.807) is 0 Å². The van der Waals surface area contributed by atoms with Crippen molar-refractivity contribution in [3.05, 3.63) is 0 Å². The van der Waals surface area contributed by atoms with Crippen LogP contribution in [0, 0.1) is 11.8 Å². The summed E-state index contributed by atoms with van der Waals surface area (Å²) in [5.41, 5.74) is 0. The van der Waals surface area contributed by atoms with Gasteiger partial charge in [0, 0.05) is 54.5 Å². The Kier molecular flexibility index (Phi) is 6.50. The van der Waals surface area contributed by atoms with E-state index in [0.717, 1.165) is 31.3 Å². The zero-order chi connectivity index (χ0) is 14.5. The lowest BCUT2D eigenvalue weighted by atomic mass is 9.82. The SMILES string of the molecule is CC(C)C1CNC(C2CCCCC2)CN1CCS(C)=O. The average molecular weight is 301 g/mol. The first-order chi connectivity index (χ1) is 9.58. The van der Waals surface area contributed by atoms with Gasteiger partial charge in [0.15, 0.2) is 0 Å². The van der Waals surface area contributed by atoms with Gasteiger partial charge < -0.3 is 5.32 Å². The van der Waals surface area contributed by atoms with Crippen LogP contribution in [0.3, 0.4) is 0 Å². The largest absolute Gasteiger partial charge is 0.311 e. The third kappa shape index (κ3) is 4.54. The fourth-order valence-electron chi connectivity index (χ4n) is 3.87. The van der Waals surface area contributed by atoms with Crippen molar-refractivity contribution in [3.63, 3.8) is 0 Å². The topological polar surface area (TPSA) is 32.3 Å². The van der Waals surface area contributed by atoms with Crippen LogP contribution in [0.5, 0.6) is 0 Å². The summed E-state index contributed by atoms with van der Waals surface area (Å²) < 4.78 is 11.4. The van der Waals surface area contributed by atoms with Crippen molar-refractivity contribution in [2.75, 3.05) is 31.6 Å². The summed E-state index contributed by atoms with van der Waals surface area (Å²) in [5.74, 6) is 2.35. The Balaban J connectivity index is 1.93. The van der Waals surface area contributed by atoms with Crippen LogP contribution in [-0.2, 0) is 10.8 Å². The van der Waals surface area contributed by atoms with Crippen molar-refractivity contribution in [1.29, 1.82) is 0 Å². The molecular weight excluding hydrogens is 268 g/mol. The van der Waals surface area contributed by atoms with Gasteiger partial charge in [0.25, 0.3) is 0 Å². The molecule has 20 heavy (non-hydrogen) atoms. The van der Waals surface area contributed by atoms with Crippen molar-refractivity contribution >= 4 is 10.8 Å². The van der Waals surface area contributed by atoms with Gasteiger partial charge in [-0.2, -0.15) is 0 Å². The van der Waals surface area contributed by atoms with Crippen LogP contribution in [0.15, 0.2) is 0 Å². The average Bonchev–Trinajstić information content (AvgIpc) is 2.45. The minimum Gasteiger partial charge on any atom is -0.311 e. The second-order valence-electron chi connectivity index (χ2n) is 7.00. The molecule has 0 aromatic rings. The molecule has 2 fully saturated rings. The molecule has 1 saturated carbocycles. The van der Waals surface area contributed by atoms with Crippen LogP contribution < -0.4 is 5.32 Å². The quantitative estimate of drug-likeness (QED) is 0.845. The van der Waals surface area contributed by atoms with Crippen molar-refractivity contribution < 1.29 is 4.21 Å². The van der Waals surface area contributed by atoms with Gasteiger partial charge >= 0.3 is 0 Å². The Morgan fingerprint density at radius 1 is 1.25 bits per heavy atom. The molecular formula is C16H32N2OS. The second kappa shape index (κ2) is 7.90. The van der Waals surface area contributed by atoms with Gasteiger partial charge in [-0.05, 0) is 24.7 Å². The Bertz CT molecular complexity index is 316. The van der Waals surface area contributed by atoms with Gasteiger partial charge in [0.1, 0.15) is 0 Å². The maximum absolute atomic E-state index is 11.4. The number of nitrogens with one attached hydrogen (secondary N) is 1. The summed E-state index contributed by atoms with van der Waals surface area (Å²) in [5, 5.41) is 3.82. The molecule has 0 aromatic carbocycles. The zero-order valence-corrected chi connectivity index (χ0v) is 14.3. The van der Waals surface area contributed by atoms with E-state index in [4.69, 9.17) is 0 Å². The van der Waals surface area contributed by atoms with E-state index < -0.39 is 10.8 Å². The van der Waals surface area contributed by atoms with E-state index in [2.05, 4.69) is 24.1 Å². The predicted molar refractivity (Wildman–Crippen MR) is 87.5 cm³/mol. The molecule has 3 nitrogen and oxygen atoms in total. The highest BCUT2D eigenvalue weighted by atomic mass is 32.2. The van der Waals surface area contributed by atoms with Gasteiger partial charge in [0.2, 0.25) is 0 Å².